The standard InChI is InChI=1S/C14H21NO/c1-10-8-11-12(4-3-5-13(11)16)15(10)9-14(2)6-7-14/h8,13,16H,3-7,9H2,1-2H3. The fourth-order valence-corrected chi connectivity index (χ4v) is 2.91. The average Bonchev–Trinajstić information content (AvgIpc) is 2.88. The maximum absolute atomic E-state index is 10.00. The number of aliphatic hydroxyl groups excluding tert-OH is 1. The van der Waals surface area contributed by atoms with Gasteiger partial charge in [-0.05, 0) is 50.5 Å². The average molecular weight is 219 g/mol. The van der Waals surface area contributed by atoms with Crippen LogP contribution in [0.25, 0.3) is 0 Å². The van der Waals surface area contributed by atoms with Gasteiger partial charge in [0.05, 0.1) is 6.10 Å². The Morgan fingerprint density at radius 3 is 2.94 bits per heavy atom. The summed E-state index contributed by atoms with van der Waals surface area (Å²) < 4.78 is 2.46. The van der Waals surface area contributed by atoms with Crippen LogP contribution in [0.5, 0.6) is 0 Å². The highest BCUT2D eigenvalue weighted by Crippen LogP contribution is 2.47. The number of rotatable bonds is 2. The van der Waals surface area contributed by atoms with E-state index in [2.05, 4.69) is 24.5 Å². The van der Waals surface area contributed by atoms with E-state index in [9.17, 15) is 5.11 Å². The normalized spacial score (nSPS) is 26.6. The maximum atomic E-state index is 10.00. The first-order valence-corrected chi connectivity index (χ1v) is 6.46. The molecule has 1 atom stereocenters. The minimum Gasteiger partial charge on any atom is -0.388 e. The zero-order valence-corrected chi connectivity index (χ0v) is 10.3. The van der Waals surface area contributed by atoms with Crippen molar-refractivity contribution < 1.29 is 5.11 Å². The van der Waals surface area contributed by atoms with E-state index in [0.717, 1.165) is 25.8 Å². The lowest BCUT2D eigenvalue weighted by Crippen LogP contribution is -2.16. The van der Waals surface area contributed by atoms with Gasteiger partial charge in [-0.2, -0.15) is 0 Å². The first kappa shape index (κ1) is 10.4. The molecule has 2 aliphatic rings. The van der Waals surface area contributed by atoms with E-state index in [1.54, 1.807) is 0 Å². The molecule has 0 aliphatic heterocycles. The molecule has 1 fully saturated rings. The van der Waals surface area contributed by atoms with Crippen molar-refractivity contribution in [2.45, 2.75) is 58.6 Å². The number of fused-ring (bicyclic) bond motifs is 1. The third kappa shape index (κ3) is 1.60. The summed E-state index contributed by atoms with van der Waals surface area (Å²) in [5, 5.41) is 10.00. The summed E-state index contributed by atoms with van der Waals surface area (Å²) in [5.74, 6) is 0. The highest BCUT2D eigenvalue weighted by atomic mass is 16.3. The molecule has 2 nitrogen and oxygen atoms in total. The molecule has 16 heavy (non-hydrogen) atoms. The predicted molar refractivity (Wildman–Crippen MR) is 64.4 cm³/mol. The van der Waals surface area contributed by atoms with Crippen LogP contribution in [0, 0.1) is 12.3 Å². The van der Waals surface area contributed by atoms with E-state index in [4.69, 9.17) is 0 Å². The molecule has 1 unspecified atom stereocenters. The highest BCUT2D eigenvalue weighted by molar-refractivity contribution is 5.32. The van der Waals surface area contributed by atoms with Crippen molar-refractivity contribution in [1.82, 2.24) is 4.57 Å². The van der Waals surface area contributed by atoms with E-state index < -0.39 is 0 Å². The van der Waals surface area contributed by atoms with Gasteiger partial charge in [0, 0.05) is 23.5 Å². The molecule has 0 radical (unpaired) electrons. The molecule has 1 heterocycles. The molecular formula is C14H21NO. The molecular weight excluding hydrogens is 198 g/mol. The first-order chi connectivity index (χ1) is 7.59. The van der Waals surface area contributed by atoms with Crippen molar-refractivity contribution in [2.24, 2.45) is 5.41 Å². The van der Waals surface area contributed by atoms with Gasteiger partial charge in [-0.1, -0.05) is 6.92 Å². The Bertz CT molecular complexity index is 415. The lowest BCUT2D eigenvalue weighted by Gasteiger charge is -2.22. The number of aliphatic hydroxyl groups is 1. The number of aryl methyl sites for hydroxylation is 1. The fraction of sp³-hybridized carbons (Fsp3) is 0.714. The minimum absolute atomic E-state index is 0.212. The van der Waals surface area contributed by atoms with Gasteiger partial charge in [-0.3, -0.25) is 0 Å². The number of hydrogen-bond acceptors (Lipinski definition) is 1. The number of nitrogens with zero attached hydrogens (tertiary/aromatic N) is 1. The molecule has 2 heteroatoms. The second kappa shape index (κ2) is 3.36. The van der Waals surface area contributed by atoms with E-state index in [-0.39, 0.29) is 6.10 Å². The maximum Gasteiger partial charge on any atom is 0.0807 e. The molecule has 0 aromatic carbocycles. The summed E-state index contributed by atoms with van der Waals surface area (Å²) in [5.41, 5.74) is 4.48. The van der Waals surface area contributed by atoms with Crippen LogP contribution in [0.15, 0.2) is 6.07 Å². The van der Waals surface area contributed by atoms with Crippen molar-refractivity contribution in [3.63, 3.8) is 0 Å². The molecule has 0 saturated heterocycles. The van der Waals surface area contributed by atoms with E-state index in [0.29, 0.717) is 5.41 Å². The molecule has 0 spiro atoms. The Kier molecular flexibility index (Phi) is 2.19. The molecule has 1 aromatic rings. The van der Waals surface area contributed by atoms with Gasteiger partial charge >= 0.3 is 0 Å². The molecule has 1 aromatic heterocycles. The number of hydrogen-bond donors (Lipinski definition) is 1. The lowest BCUT2D eigenvalue weighted by atomic mass is 9.95. The van der Waals surface area contributed by atoms with Crippen LogP contribution in [0.3, 0.4) is 0 Å². The van der Waals surface area contributed by atoms with Crippen LogP contribution < -0.4 is 0 Å². The van der Waals surface area contributed by atoms with E-state index in [1.807, 2.05) is 0 Å². The third-order valence-electron chi connectivity index (χ3n) is 4.34. The van der Waals surface area contributed by atoms with Gasteiger partial charge in [0.1, 0.15) is 0 Å². The quantitative estimate of drug-likeness (QED) is 0.812. The van der Waals surface area contributed by atoms with Gasteiger partial charge in [-0.25, -0.2) is 0 Å². The zero-order valence-electron chi connectivity index (χ0n) is 10.3. The van der Waals surface area contributed by atoms with Crippen LogP contribution >= 0.6 is 0 Å². The van der Waals surface area contributed by atoms with Crippen molar-refractivity contribution in [3.05, 3.63) is 23.0 Å². The van der Waals surface area contributed by atoms with Crippen molar-refractivity contribution >= 4 is 0 Å². The fourth-order valence-electron chi connectivity index (χ4n) is 2.91. The van der Waals surface area contributed by atoms with Crippen molar-refractivity contribution in [1.29, 1.82) is 0 Å². The second-order valence-corrected chi connectivity index (χ2v) is 5.99. The summed E-state index contributed by atoms with van der Waals surface area (Å²) in [7, 11) is 0. The molecule has 88 valence electrons. The lowest BCUT2D eigenvalue weighted by molar-refractivity contribution is 0.155. The Hall–Kier alpha value is -0.760. The Morgan fingerprint density at radius 2 is 2.25 bits per heavy atom. The largest absolute Gasteiger partial charge is 0.388 e. The molecule has 0 bridgehead atoms. The van der Waals surface area contributed by atoms with Crippen LogP contribution in [0.4, 0.5) is 0 Å². The monoisotopic (exact) mass is 219 g/mol. The summed E-state index contributed by atoms with van der Waals surface area (Å²) in [6.45, 7) is 5.70. The second-order valence-electron chi connectivity index (χ2n) is 5.99. The molecule has 1 N–H and O–H groups in total. The summed E-state index contributed by atoms with van der Waals surface area (Å²) in [4.78, 5) is 0. The molecule has 2 aliphatic carbocycles. The first-order valence-electron chi connectivity index (χ1n) is 6.46. The van der Waals surface area contributed by atoms with E-state index in [1.165, 1.54) is 29.8 Å². The van der Waals surface area contributed by atoms with Gasteiger partial charge in [0.25, 0.3) is 0 Å². The predicted octanol–water partition coefficient (Wildman–Crippen LogP) is 2.97. The summed E-state index contributed by atoms with van der Waals surface area (Å²) in [6, 6.07) is 2.20. The molecule has 1 saturated carbocycles. The molecule has 3 rings (SSSR count). The van der Waals surface area contributed by atoms with Crippen molar-refractivity contribution in [2.75, 3.05) is 0 Å². The van der Waals surface area contributed by atoms with Crippen LogP contribution in [-0.4, -0.2) is 9.67 Å². The highest BCUT2D eigenvalue weighted by Gasteiger charge is 2.38. The molecule has 0 amide bonds. The van der Waals surface area contributed by atoms with Gasteiger partial charge in [0.2, 0.25) is 0 Å². The minimum atomic E-state index is -0.212. The summed E-state index contributed by atoms with van der Waals surface area (Å²) >= 11 is 0. The van der Waals surface area contributed by atoms with Gasteiger partial charge in [-0.15, -0.1) is 0 Å². The van der Waals surface area contributed by atoms with Crippen LogP contribution in [-0.2, 0) is 13.0 Å². The number of aromatic nitrogens is 1. The van der Waals surface area contributed by atoms with E-state index >= 15 is 0 Å². The topological polar surface area (TPSA) is 25.2 Å². The SMILES string of the molecule is Cc1cc2c(n1CC1(C)CC1)CCCC2O. The smallest absolute Gasteiger partial charge is 0.0807 e. The van der Waals surface area contributed by atoms with Gasteiger partial charge < -0.3 is 9.67 Å². The third-order valence-corrected chi connectivity index (χ3v) is 4.34. The van der Waals surface area contributed by atoms with Gasteiger partial charge in [0.15, 0.2) is 0 Å². The zero-order chi connectivity index (χ0) is 11.3. The van der Waals surface area contributed by atoms with Crippen molar-refractivity contribution in [3.8, 4) is 0 Å². The summed E-state index contributed by atoms with van der Waals surface area (Å²) in [6.07, 6.45) is 5.73. The van der Waals surface area contributed by atoms with Crippen LogP contribution in [0.1, 0.15) is 55.7 Å². The Labute approximate surface area is 97.3 Å². The Morgan fingerprint density at radius 1 is 1.50 bits per heavy atom. The Balaban J connectivity index is 1.97. The van der Waals surface area contributed by atoms with Crippen LogP contribution in [0.2, 0.25) is 0 Å².